The van der Waals surface area contributed by atoms with Crippen molar-refractivity contribution in [2.75, 3.05) is 13.7 Å². The van der Waals surface area contributed by atoms with Gasteiger partial charge in [0.2, 0.25) is 0 Å². The van der Waals surface area contributed by atoms with Crippen molar-refractivity contribution >= 4 is 5.78 Å². The van der Waals surface area contributed by atoms with Gasteiger partial charge in [-0.15, -0.1) is 0 Å². The molecule has 3 nitrogen and oxygen atoms in total. The Morgan fingerprint density at radius 1 is 1.00 bits per heavy atom. The fourth-order valence-electron chi connectivity index (χ4n) is 3.83. The lowest BCUT2D eigenvalue weighted by Gasteiger charge is -2.27. The van der Waals surface area contributed by atoms with Gasteiger partial charge < -0.3 is 9.64 Å². The molecule has 1 aliphatic rings. The maximum atomic E-state index is 12.3. The molecule has 0 bridgehead atoms. The number of para-hydroxylation sites is 1. The summed E-state index contributed by atoms with van der Waals surface area (Å²) in [6.07, 6.45) is 4.06. The van der Waals surface area contributed by atoms with Crippen LogP contribution in [-0.4, -0.2) is 19.4 Å². The van der Waals surface area contributed by atoms with Crippen LogP contribution in [0.4, 0.5) is 0 Å². The highest BCUT2D eigenvalue weighted by molar-refractivity contribution is 5.81. The van der Waals surface area contributed by atoms with E-state index in [2.05, 4.69) is 36.4 Å². The van der Waals surface area contributed by atoms with Crippen LogP contribution in [0.2, 0.25) is 0 Å². The molecule has 2 aromatic carbocycles. The number of ketones is 1. The number of Topliss-reactive ketones (excluding diaryl/α,β-unsaturated/α-hetero) is 1. The van der Waals surface area contributed by atoms with Gasteiger partial charge in [0.25, 0.3) is 0 Å². The van der Waals surface area contributed by atoms with Gasteiger partial charge in [-0.2, -0.15) is 0 Å². The lowest BCUT2D eigenvalue weighted by Crippen LogP contribution is -3.10. The molecular weight excluding hydrogens is 310 g/mol. The molecule has 0 aliphatic heterocycles. The maximum absolute atomic E-state index is 12.3. The summed E-state index contributed by atoms with van der Waals surface area (Å²) in [6.45, 7) is 2.72. The molecule has 2 aromatic rings. The number of hydrogen-bond donors (Lipinski definition) is 1. The summed E-state index contributed by atoms with van der Waals surface area (Å²) in [6, 6.07) is 18.8. The molecule has 0 saturated heterocycles. The Hall–Kier alpha value is -2.13. The number of quaternary nitrogens is 1. The Balaban J connectivity index is 1.76. The van der Waals surface area contributed by atoms with Gasteiger partial charge in [-0.1, -0.05) is 48.9 Å². The van der Waals surface area contributed by atoms with Crippen LogP contribution in [0.5, 0.6) is 5.75 Å². The van der Waals surface area contributed by atoms with E-state index >= 15 is 0 Å². The molecule has 3 heteroatoms. The Labute approximate surface area is 150 Å². The minimum Gasteiger partial charge on any atom is -0.496 e. The molecule has 0 aromatic heterocycles. The monoisotopic (exact) mass is 338 g/mol. The predicted molar refractivity (Wildman–Crippen MR) is 99.6 cm³/mol. The van der Waals surface area contributed by atoms with E-state index in [4.69, 9.17) is 4.74 Å². The van der Waals surface area contributed by atoms with Gasteiger partial charge in [-0.05, 0) is 25.0 Å². The van der Waals surface area contributed by atoms with E-state index in [-0.39, 0.29) is 5.92 Å². The molecule has 1 fully saturated rings. The first-order valence-electron chi connectivity index (χ1n) is 9.28. The molecular formula is C22H28NO2+. The molecule has 132 valence electrons. The third-order valence-electron chi connectivity index (χ3n) is 5.15. The minimum absolute atomic E-state index is 0.210. The van der Waals surface area contributed by atoms with Crippen molar-refractivity contribution in [3.05, 3.63) is 65.7 Å². The number of carbonyl (C=O) groups excluding carboxylic acids is 1. The molecule has 0 heterocycles. The lowest BCUT2D eigenvalue weighted by molar-refractivity contribution is -0.930. The van der Waals surface area contributed by atoms with Crippen molar-refractivity contribution in [2.45, 2.75) is 38.8 Å². The van der Waals surface area contributed by atoms with E-state index in [9.17, 15) is 4.79 Å². The largest absolute Gasteiger partial charge is 0.496 e. The number of carbonyl (C=O) groups is 1. The summed E-state index contributed by atoms with van der Waals surface area (Å²) >= 11 is 0. The third kappa shape index (κ3) is 4.93. The molecule has 0 radical (unpaired) electrons. The van der Waals surface area contributed by atoms with Crippen LogP contribution < -0.4 is 9.64 Å². The first-order valence-corrected chi connectivity index (χ1v) is 9.28. The van der Waals surface area contributed by atoms with Crippen LogP contribution in [0.3, 0.4) is 0 Å². The van der Waals surface area contributed by atoms with Crippen molar-refractivity contribution in [1.29, 1.82) is 0 Å². The Bertz CT molecular complexity index is 683. The van der Waals surface area contributed by atoms with Crippen LogP contribution in [0.1, 0.15) is 36.8 Å². The Morgan fingerprint density at radius 3 is 2.52 bits per heavy atom. The second kappa shape index (κ2) is 8.82. The van der Waals surface area contributed by atoms with Crippen molar-refractivity contribution in [2.24, 2.45) is 5.92 Å². The minimum atomic E-state index is 0.210. The van der Waals surface area contributed by atoms with Gasteiger partial charge in [0.1, 0.15) is 24.6 Å². The standard InChI is InChI=1S/C22H27NO2/c1-25-22-14-8-6-12-20(22)17-23(15-18-9-3-2-4-10-18)16-19-11-5-7-13-21(19)24/h2-4,6,8-10,12,14,19H,5,7,11,13,15-17H2,1H3/p+1/t19-/m0/s1. The summed E-state index contributed by atoms with van der Waals surface area (Å²) in [4.78, 5) is 13.7. The molecule has 1 unspecified atom stereocenters. The highest BCUT2D eigenvalue weighted by Gasteiger charge is 2.27. The zero-order valence-corrected chi connectivity index (χ0v) is 15.0. The van der Waals surface area contributed by atoms with Crippen molar-refractivity contribution < 1.29 is 14.4 Å². The summed E-state index contributed by atoms with van der Waals surface area (Å²) < 4.78 is 5.53. The number of methoxy groups -OCH3 is 1. The second-order valence-electron chi connectivity index (χ2n) is 7.01. The van der Waals surface area contributed by atoms with Crippen molar-refractivity contribution in [1.82, 2.24) is 0 Å². The van der Waals surface area contributed by atoms with Gasteiger partial charge >= 0.3 is 0 Å². The molecule has 0 amide bonds. The lowest BCUT2D eigenvalue weighted by atomic mass is 9.87. The van der Waals surface area contributed by atoms with Gasteiger partial charge in [0, 0.05) is 17.5 Å². The zero-order valence-electron chi connectivity index (χ0n) is 15.0. The quantitative estimate of drug-likeness (QED) is 0.841. The summed E-state index contributed by atoms with van der Waals surface area (Å²) in [5.74, 6) is 1.60. The summed E-state index contributed by atoms with van der Waals surface area (Å²) in [7, 11) is 1.72. The smallest absolute Gasteiger partial charge is 0.141 e. The van der Waals surface area contributed by atoms with Crippen LogP contribution in [-0.2, 0) is 17.9 Å². The van der Waals surface area contributed by atoms with E-state index in [0.29, 0.717) is 5.78 Å². The maximum Gasteiger partial charge on any atom is 0.141 e. The first-order chi connectivity index (χ1) is 12.3. The topological polar surface area (TPSA) is 30.7 Å². The highest BCUT2D eigenvalue weighted by atomic mass is 16.5. The molecule has 0 spiro atoms. The van der Waals surface area contributed by atoms with E-state index in [1.54, 1.807) is 7.11 Å². The average molecular weight is 338 g/mol. The fraction of sp³-hybridized carbons (Fsp3) is 0.409. The predicted octanol–water partition coefficient (Wildman–Crippen LogP) is 3.04. The molecule has 1 saturated carbocycles. The Kier molecular flexibility index (Phi) is 6.24. The molecule has 2 atom stereocenters. The number of hydrogen-bond acceptors (Lipinski definition) is 2. The summed E-state index contributed by atoms with van der Waals surface area (Å²) in [5.41, 5.74) is 2.52. The van der Waals surface area contributed by atoms with Crippen LogP contribution in [0.15, 0.2) is 54.6 Å². The van der Waals surface area contributed by atoms with Crippen LogP contribution >= 0.6 is 0 Å². The second-order valence-corrected chi connectivity index (χ2v) is 7.01. The third-order valence-corrected chi connectivity index (χ3v) is 5.15. The SMILES string of the molecule is COc1ccccc1C[NH+](Cc1ccccc1)C[C@@H]1CCCCC1=O. The molecule has 1 aliphatic carbocycles. The Morgan fingerprint density at radius 2 is 1.76 bits per heavy atom. The van der Waals surface area contributed by atoms with E-state index in [1.807, 2.05) is 18.2 Å². The van der Waals surface area contributed by atoms with Gasteiger partial charge in [0.15, 0.2) is 0 Å². The number of rotatable bonds is 7. The van der Waals surface area contributed by atoms with Crippen molar-refractivity contribution in [3.8, 4) is 5.75 Å². The molecule has 3 rings (SSSR count). The van der Waals surface area contributed by atoms with Gasteiger partial charge in [-0.3, -0.25) is 4.79 Å². The molecule has 25 heavy (non-hydrogen) atoms. The van der Waals surface area contributed by atoms with E-state index in [0.717, 1.165) is 44.6 Å². The first kappa shape index (κ1) is 17.7. The molecule has 1 N–H and O–H groups in total. The number of nitrogens with one attached hydrogen (secondary N) is 1. The average Bonchev–Trinajstić information content (AvgIpc) is 2.65. The van der Waals surface area contributed by atoms with Gasteiger partial charge in [0.05, 0.1) is 19.6 Å². The van der Waals surface area contributed by atoms with Crippen molar-refractivity contribution in [3.63, 3.8) is 0 Å². The van der Waals surface area contributed by atoms with E-state index in [1.165, 1.54) is 22.4 Å². The summed E-state index contributed by atoms with van der Waals surface area (Å²) in [5, 5.41) is 0. The highest BCUT2D eigenvalue weighted by Crippen LogP contribution is 2.20. The normalized spacial score (nSPS) is 18.8. The van der Waals surface area contributed by atoms with Crippen LogP contribution in [0, 0.1) is 5.92 Å². The number of ether oxygens (including phenoxy) is 1. The fourth-order valence-corrected chi connectivity index (χ4v) is 3.83. The number of benzene rings is 2. The van der Waals surface area contributed by atoms with Gasteiger partial charge in [-0.25, -0.2) is 0 Å². The van der Waals surface area contributed by atoms with E-state index < -0.39 is 0 Å². The zero-order chi connectivity index (χ0) is 17.5. The van der Waals surface area contributed by atoms with Crippen LogP contribution in [0.25, 0.3) is 0 Å².